The molecular formula is C24H29N5O3. The summed E-state index contributed by atoms with van der Waals surface area (Å²) in [6, 6.07) is 11.3. The zero-order chi connectivity index (χ0) is 23.1. The van der Waals surface area contributed by atoms with Gasteiger partial charge in [-0.1, -0.05) is 22.5 Å². The van der Waals surface area contributed by atoms with E-state index in [1.165, 1.54) is 0 Å². The fraction of sp³-hybridized carbons (Fsp3) is 0.333. The average molecular weight is 436 g/mol. The van der Waals surface area contributed by atoms with E-state index in [0.29, 0.717) is 30.9 Å². The standard InChI is InChI=1S/C24H29N5O3/c1-15-7-5-9-22(16(15)2)27-24(30)20-10-11-23(19(13-20)8-6-12-26-29-25)31-14-21-17(3)28-32-18(21)4/h5,7,9-11,13H,6,8,12,14H2,1-4H3,(H2,25,26)(H,27,30). The topological polar surface area (TPSA) is 115 Å². The molecule has 2 aromatic carbocycles. The van der Waals surface area contributed by atoms with E-state index in [1.807, 2.05) is 58.0 Å². The number of nitrogens with one attached hydrogen (secondary N) is 1. The van der Waals surface area contributed by atoms with E-state index in [9.17, 15) is 4.79 Å². The molecule has 3 N–H and O–H groups in total. The maximum Gasteiger partial charge on any atom is 0.255 e. The van der Waals surface area contributed by atoms with Crippen LogP contribution in [0.4, 0.5) is 5.69 Å². The maximum atomic E-state index is 12.9. The highest BCUT2D eigenvalue weighted by Crippen LogP contribution is 2.26. The monoisotopic (exact) mass is 435 g/mol. The minimum atomic E-state index is -0.168. The number of rotatable bonds is 9. The Morgan fingerprint density at radius 1 is 1.19 bits per heavy atom. The zero-order valence-corrected chi connectivity index (χ0v) is 18.9. The fourth-order valence-electron chi connectivity index (χ4n) is 3.39. The summed E-state index contributed by atoms with van der Waals surface area (Å²) in [5, 5.41) is 14.1. The molecule has 1 aromatic heterocycles. The van der Waals surface area contributed by atoms with Crippen molar-refractivity contribution in [2.24, 2.45) is 16.2 Å². The summed E-state index contributed by atoms with van der Waals surface area (Å²) < 4.78 is 11.3. The maximum absolute atomic E-state index is 12.9. The molecular weight excluding hydrogens is 406 g/mol. The number of nitrogens with two attached hydrogens (primary N) is 1. The third-order valence-corrected chi connectivity index (χ3v) is 5.51. The van der Waals surface area contributed by atoms with Gasteiger partial charge in [-0.05, 0) is 81.5 Å². The summed E-state index contributed by atoms with van der Waals surface area (Å²) in [5.74, 6) is 6.37. The van der Waals surface area contributed by atoms with Gasteiger partial charge in [0, 0.05) is 11.3 Å². The Kier molecular flexibility index (Phi) is 7.59. The molecule has 1 amide bonds. The van der Waals surface area contributed by atoms with Gasteiger partial charge in [0.15, 0.2) is 0 Å². The molecule has 0 unspecified atom stereocenters. The van der Waals surface area contributed by atoms with Crippen LogP contribution < -0.4 is 15.9 Å². The van der Waals surface area contributed by atoms with Gasteiger partial charge in [-0.2, -0.15) is 5.11 Å². The van der Waals surface area contributed by atoms with Gasteiger partial charge in [0.1, 0.15) is 18.1 Å². The number of amides is 1. The number of aryl methyl sites for hydroxylation is 4. The Hall–Kier alpha value is -3.68. The van der Waals surface area contributed by atoms with Gasteiger partial charge in [-0.25, -0.2) is 0 Å². The summed E-state index contributed by atoms with van der Waals surface area (Å²) >= 11 is 0. The summed E-state index contributed by atoms with van der Waals surface area (Å²) in [6.07, 6.45) is 1.39. The summed E-state index contributed by atoms with van der Waals surface area (Å²) in [4.78, 5) is 12.9. The van der Waals surface area contributed by atoms with Crippen LogP contribution in [-0.4, -0.2) is 17.6 Å². The highest BCUT2D eigenvalue weighted by Gasteiger charge is 2.15. The Morgan fingerprint density at radius 2 is 2.00 bits per heavy atom. The zero-order valence-electron chi connectivity index (χ0n) is 18.9. The van der Waals surface area contributed by atoms with Crippen molar-refractivity contribution in [3.8, 4) is 5.75 Å². The molecule has 0 aliphatic carbocycles. The minimum Gasteiger partial charge on any atom is -0.488 e. The molecule has 8 nitrogen and oxygen atoms in total. The first kappa shape index (κ1) is 23.0. The molecule has 32 heavy (non-hydrogen) atoms. The van der Waals surface area contributed by atoms with Gasteiger partial charge in [0.25, 0.3) is 5.91 Å². The van der Waals surface area contributed by atoms with Crippen LogP contribution in [0.1, 0.15) is 50.5 Å². The number of aromatic nitrogens is 1. The number of carbonyl (C=O) groups excluding carboxylic acids is 1. The molecule has 0 fully saturated rings. The van der Waals surface area contributed by atoms with Crippen LogP contribution in [-0.2, 0) is 13.0 Å². The second kappa shape index (κ2) is 10.6. The van der Waals surface area contributed by atoms with Crippen molar-refractivity contribution in [2.45, 2.75) is 47.1 Å². The quantitative estimate of drug-likeness (QED) is 0.212. The van der Waals surface area contributed by atoms with Crippen LogP contribution in [0.3, 0.4) is 0 Å². The lowest BCUT2D eigenvalue weighted by atomic mass is 10.0. The van der Waals surface area contributed by atoms with Gasteiger partial charge in [0.05, 0.1) is 17.8 Å². The first-order chi connectivity index (χ1) is 15.4. The number of ether oxygens (including phenoxy) is 1. The Morgan fingerprint density at radius 3 is 2.72 bits per heavy atom. The molecule has 0 spiro atoms. The van der Waals surface area contributed by atoms with Crippen molar-refractivity contribution in [1.82, 2.24) is 5.16 Å². The molecule has 0 saturated carbocycles. The Bertz CT molecular complexity index is 1100. The van der Waals surface area contributed by atoms with E-state index in [1.54, 1.807) is 6.07 Å². The molecule has 3 rings (SSSR count). The van der Waals surface area contributed by atoms with Gasteiger partial charge in [-0.3, -0.25) is 4.79 Å². The van der Waals surface area contributed by atoms with Crippen molar-refractivity contribution in [3.63, 3.8) is 0 Å². The van der Waals surface area contributed by atoms with E-state index in [2.05, 4.69) is 20.8 Å². The van der Waals surface area contributed by atoms with Crippen molar-refractivity contribution in [3.05, 3.63) is 75.7 Å². The van der Waals surface area contributed by atoms with Crippen LogP contribution in [0, 0.1) is 27.7 Å². The number of hydrogen-bond donors (Lipinski definition) is 2. The second-order valence-electron chi connectivity index (χ2n) is 7.70. The first-order valence-electron chi connectivity index (χ1n) is 10.5. The number of nitrogens with zero attached hydrogens (tertiary/aromatic N) is 3. The molecule has 1 heterocycles. The van der Waals surface area contributed by atoms with Crippen LogP contribution in [0.2, 0.25) is 0 Å². The predicted octanol–water partition coefficient (Wildman–Crippen LogP) is 5.00. The van der Waals surface area contributed by atoms with Gasteiger partial charge in [0.2, 0.25) is 0 Å². The van der Waals surface area contributed by atoms with Crippen molar-refractivity contribution < 1.29 is 14.1 Å². The van der Waals surface area contributed by atoms with Crippen LogP contribution in [0.5, 0.6) is 5.75 Å². The van der Waals surface area contributed by atoms with E-state index < -0.39 is 0 Å². The van der Waals surface area contributed by atoms with Crippen LogP contribution in [0.25, 0.3) is 0 Å². The van der Waals surface area contributed by atoms with Gasteiger partial charge in [-0.15, -0.1) is 0 Å². The smallest absolute Gasteiger partial charge is 0.255 e. The van der Waals surface area contributed by atoms with Crippen molar-refractivity contribution in [1.29, 1.82) is 0 Å². The number of carbonyl (C=O) groups is 1. The Labute approximate surface area is 187 Å². The van der Waals surface area contributed by atoms with E-state index in [4.69, 9.17) is 15.1 Å². The lowest BCUT2D eigenvalue weighted by Crippen LogP contribution is -2.14. The molecule has 0 atom stereocenters. The largest absolute Gasteiger partial charge is 0.488 e. The molecule has 0 aliphatic heterocycles. The molecule has 3 aromatic rings. The minimum absolute atomic E-state index is 0.168. The first-order valence-corrected chi connectivity index (χ1v) is 10.5. The summed E-state index contributed by atoms with van der Waals surface area (Å²) in [7, 11) is 0. The third-order valence-electron chi connectivity index (χ3n) is 5.51. The molecule has 0 aliphatic rings. The lowest BCUT2D eigenvalue weighted by molar-refractivity contribution is 0.102. The number of anilines is 1. The average Bonchev–Trinajstić information content (AvgIpc) is 3.10. The predicted molar refractivity (Wildman–Crippen MR) is 123 cm³/mol. The van der Waals surface area contributed by atoms with Crippen LogP contribution >= 0.6 is 0 Å². The normalized spacial score (nSPS) is 11.1. The second-order valence-corrected chi connectivity index (χ2v) is 7.70. The van der Waals surface area contributed by atoms with Crippen molar-refractivity contribution in [2.75, 3.05) is 11.9 Å². The van der Waals surface area contributed by atoms with E-state index in [0.717, 1.165) is 45.8 Å². The SMILES string of the molecule is Cc1cccc(NC(=O)c2ccc(OCc3c(C)noc3C)c(CCCN=NN)c2)c1C. The van der Waals surface area contributed by atoms with Crippen molar-refractivity contribution >= 4 is 11.6 Å². The fourth-order valence-corrected chi connectivity index (χ4v) is 3.39. The van der Waals surface area contributed by atoms with Gasteiger partial charge >= 0.3 is 0 Å². The highest BCUT2D eigenvalue weighted by atomic mass is 16.5. The van der Waals surface area contributed by atoms with E-state index >= 15 is 0 Å². The molecule has 0 radical (unpaired) electrons. The number of benzene rings is 2. The summed E-state index contributed by atoms with van der Waals surface area (Å²) in [6.45, 7) is 8.59. The van der Waals surface area contributed by atoms with Gasteiger partial charge < -0.3 is 20.4 Å². The lowest BCUT2D eigenvalue weighted by Gasteiger charge is -2.14. The van der Waals surface area contributed by atoms with E-state index in [-0.39, 0.29) is 5.91 Å². The van der Waals surface area contributed by atoms with Crippen LogP contribution in [0.15, 0.2) is 51.3 Å². The molecule has 0 bridgehead atoms. The molecule has 8 heteroatoms. The molecule has 0 saturated heterocycles. The number of hydrogen-bond acceptors (Lipinski definition) is 6. The highest BCUT2D eigenvalue weighted by molar-refractivity contribution is 6.05. The summed E-state index contributed by atoms with van der Waals surface area (Å²) in [5.41, 5.74) is 6.18. The molecule has 168 valence electrons. The third kappa shape index (κ3) is 5.51. The Balaban J connectivity index is 1.81.